The largest absolute Gasteiger partial charge is 0.449 e. The molecule has 0 saturated carbocycles. The van der Waals surface area contributed by atoms with Gasteiger partial charge in [0.25, 0.3) is 0 Å². The number of hydrogen-bond acceptors (Lipinski definition) is 3. The molecule has 0 saturated heterocycles. The Balaban J connectivity index is 4.27. The number of primary amides is 1. The molecule has 1 amide bonds. The standard InChI is InChI=1S/C11H23NO3/c1-3-5-6-11(4-2,7-8-13)9-15-10(12)14/h13H,3-9H2,1-2H3,(H2,12,14). The van der Waals surface area contributed by atoms with Gasteiger partial charge < -0.3 is 15.6 Å². The average molecular weight is 217 g/mol. The third kappa shape index (κ3) is 5.62. The molecule has 15 heavy (non-hydrogen) atoms. The first kappa shape index (κ1) is 14.2. The van der Waals surface area contributed by atoms with Crippen molar-refractivity contribution in [2.24, 2.45) is 11.1 Å². The van der Waals surface area contributed by atoms with E-state index in [2.05, 4.69) is 13.8 Å². The number of unbranched alkanes of at least 4 members (excludes halogenated alkanes) is 1. The molecule has 0 aliphatic rings. The normalized spacial score (nSPS) is 14.6. The minimum absolute atomic E-state index is 0.0974. The molecule has 0 aromatic heterocycles. The molecule has 90 valence electrons. The molecule has 0 aliphatic heterocycles. The molecule has 3 N–H and O–H groups in total. The molecule has 0 aliphatic carbocycles. The highest BCUT2D eigenvalue weighted by molar-refractivity contribution is 5.64. The molecule has 0 spiro atoms. The summed E-state index contributed by atoms with van der Waals surface area (Å²) in [6, 6.07) is 0. The van der Waals surface area contributed by atoms with Gasteiger partial charge in [-0.25, -0.2) is 4.79 Å². The van der Waals surface area contributed by atoms with Crippen LogP contribution in [0.4, 0.5) is 4.79 Å². The number of rotatable bonds is 8. The van der Waals surface area contributed by atoms with Crippen molar-refractivity contribution in [1.29, 1.82) is 0 Å². The number of hydrogen-bond donors (Lipinski definition) is 2. The number of amides is 1. The molecule has 0 fully saturated rings. The highest BCUT2D eigenvalue weighted by atomic mass is 16.5. The summed E-state index contributed by atoms with van der Waals surface area (Å²) in [5.41, 5.74) is 4.86. The fourth-order valence-corrected chi connectivity index (χ4v) is 1.74. The molecule has 0 rings (SSSR count). The van der Waals surface area contributed by atoms with Crippen LogP contribution in [0.3, 0.4) is 0 Å². The molecule has 4 nitrogen and oxygen atoms in total. The van der Waals surface area contributed by atoms with Crippen LogP contribution in [0.25, 0.3) is 0 Å². The van der Waals surface area contributed by atoms with Crippen LogP contribution in [-0.4, -0.2) is 24.4 Å². The van der Waals surface area contributed by atoms with Gasteiger partial charge in [0.15, 0.2) is 0 Å². The number of carbonyl (C=O) groups excluding carboxylic acids is 1. The highest BCUT2D eigenvalue weighted by Gasteiger charge is 2.28. The van der Waals surface area contributed by atoms with Gasteiger partial charge in [0, 0.05) is 12.0 Å². The zero-order chi connectivity index (χ0) is 11.7. The third-order valence-electron chi connectivity index (χ3n) is 2.97. The summed E-state index contributed by atoms with van der Waals surface area (Å²) in [4.78, 5) is 10.6. The SMILES string of the molecule is CCCCC(CC)(CCO)COC(N)=O. The van der Waals surface area contributed by atoms with Crippen molar-refractivity contribution >= 4 is 6.09 Å². The van der Waals surface area contributed by atoms with Crippen molar-refractivity contribution in [2.45, 2.75) is 46.0 Å². The quantitative estimate of drug-likeness (QED) is 0.653. The van der Waals surface area contributed by atoms with Crippen LogP contribution in [0.5, 0.6) is 0 Å². The number of carbonyl (C=O) groups is 1. The number of nitrogens with two attached hydrogens (primary N) is 1. The Morgan fingerprint density at radius 1 is 1.40 bits per heavy atom. The minimum atomic E-state index is -0.734. The van der Waals surface area contributed by atoms with Gasteiger partial charge in [-0.3, -0.25) is 0 Å². The van der Waals surface area contributed by atoms with Crippen LogP contribution in [-0.2, 0) is 4.74 Å². The number of aliphatic hydroxyl groups is 1. The van der Waals surface area contributed by atoms with Crippen LogP contribution >= 0.6 is 0 Å². The lowest BCUT2D eigenvalue weighted by molar-refractivity contribution is 0.0564. The van der Waals surface area contributed by atoms with Crippen LogP contribution in [0.15, 0.2) is 0 Å². The Labute approximate surface area is 91.8 Å². The van der Waals surface area contributed by atoms with E-state index in [1.54, 1.807) is 0 Å². The molecule has 0 bridgehead atoms. The van der Waals surface area contributed by atoms with Crippen LogP contribution in [0, 0.1) is 5.41 Å². The minimum Gasteiger partial charge on any atom is -0.449 e. The van der Waals surface area contributed by atoms with Gasteiger partial charge in [-0.2, -0.15) is 0 Å². The third-order valence-corrected chi connectivity index (χ3v) is 2.97. The van der Waals surface area contributed by atoms with Gasteiger partial charge in [0.1, 0.15) is 0 Å². The second kappa shape index (κ2) is 7.51. The van der Waals surface area contributed by atoms with E-state index in [-0.39, 0.29) is 12.0 Å². The molecular formula is C11H23NO3. The van der Waals surface area contributed by atoms with Gasteiger partial charge in [0.2, 0.25) is 0 Å². The Bertz CT molecular complexity index is 185. The Morgan fingerprint density at radius 3 is 2.47 bits per heavy atom. The van der Waals surface area contributed by atoms with Crippen LogP contribution < -0.4 is 5.73 Å². The topological polar surface area (TPSA) is 72.6 Å². The first-order chi connectivity index (χ1) is 7.10. The predicted molar refractivity (Wildman–Crippen MR) is 59.5 cm³/mol. The van der Waals surface area contributed by atoms with Crippen LogP contribution in [0.1, 0.15) is 46.0 Å². The molecule has 0 heterocycles. The Kier molecular flexibility index (Phi) is 7.13. The van der Waals surface area contributed by atoms with Gasteiger partial charge in [-0.05, 0) is 19.3 Å². The van der Waals surface area contributed by atoms with Crippen molar-refractivity contribution in [1.82, 2.24) is 0 Å². The predicted octanol–water partition coefficient (Wildman–Crippen LogP) is 2.05. The Morgan fingerprint density at radius 2 is 2.07 bits per heavy atom. The monoisotopic (exact) mass is 217 g/mol. The lowest BCUT2D eigenvalue weighted by Crippen LogP contribution is -2.30. The smallest absolute Gasteiger partial charge is 0.404 e. The number of aliphatic hydroxyl groups excluding tert-OH is 1. The van der Waals surface area contributed by atoms with Gasteiger partial charge in [0.05, 0.1) is 6.61 Å². The zero-order valence-corrected chi connectivity index (χ0v) is 9.79. The van der Waals surface area contributed by atoms with E-state index in [9.17, 15) is 4.79 Å². The summed E-state index contributed by atoms with van der Waals surface area (Å²) in [6.45, 7) is 4.61. The maximum atomic E-state index is 10.6. The van der Waals surface area contributed by atoms with E-state index in [1.165, 1.54) is 0 Å². The fraction of sp³-hybridized carbons (Fsp3) is 0.909. The summed E-state index contributed by atoms with van der Waals surface area (Å²) in [6.07, 6.45) is 3.97. The maximum Gasteiger partial charge on any atom is 0.404 e. The molecular weight excluding hydrogens is 194 g/mol. The summed E-state index contributed by atoms with van der Waals surface area (Å²) in [5.74, 6) is 0. The van der Waals surface area contributed by atoms with Crippen molar-refractivity contribution in [3.8, 4) is 0 Å². The summed E-state index contributed by atoms with van der Waals surface area (Å²) in [5, 5.41) is 9.03. The fourth-order valence-electron chi connectivity index (χ4n) is 1.74. The Hall–Kier alpha value is -0.770. The van der Waals surface area contributed by atoms with E-state index in [4.69, 9.17) is 15.6 Å². The van der Waals surface area contributed by atoms with Crippen molar-refractivity contribution in [3.63, 3.8) is 0 Å². The van der Waals surface area contributed by atoms with Gasteiger partial charge in [-0.1, -0.05) is 26.7 Å². The van der Waals surface area contributed by atoms with E-state index in [1.807, 2.05) is 0 Å². The van der Waals surface area contributed by atoms with E-state index < -0.39 is 6.09 Å². The maximum absolute atomic E-state index is 10.6. The van der Waals surface area contributed by atoms with Gasteiger partial charge >= 0.3 is 6.09 Å². The lowest BCUT2D eigenvalue weighted by Gasteiger charge is -2.31. The van der Waals surface area contributed by atoms with Gasteiger partial charge in [-0.15, -0.1) is 0 Å². The molecule has 1 atom stereocenters. The molecule has 1 unspecified atom stereocenters. The van der Waals surface area contributed by atoms with Crippen molar-refractivity contribution < 1.29 is 14.6 Å². The van der Waals surface area contributed by atoms with E-state index in [0.29, 0.717) is 13.0 Å². The first-order valence-electron chi connectivity index (χ1n) is 5.63. The van der Waals surface area contributed by atoms with E-state index >= 15 is 0 Å². The highest BCUT2D eigenvalue weighted by Crippen LogP contribution is 2.32. The van der Waals surface area contributed by atoms with Crippen molar-refractivity contribution in [3.05, 3.63) is 0 Å². The van der Waals surface area contributed by atoms with E-state index in [0.717, 1.165) is 25.7 Å². The van der Waals surface area contributed by atoms with Crippen LogP contribution in [0.2, 0.25) is 0 Å². The molecule has 4 heteroatoms. The van der Waals surface area contributed by atoms with Crippen molar-refractivity contribution in [2.75, 3.05) is 13.2 Å². The summed E-state index contributed by atoms with van der Waals surface area (Å²) in [7, 11) is 0. The first-order valence-corrected chi connectivity index (χ1v) is 5.63. The second-order valence-electron chi connectivity index (χ2n) is 4.04. The second-order valence-corrected chi connectivity index (χ2v) is 4.04. The zero-order valence-electron chi connectivity index (χ0n) is 9.79. The molecule has 0 aromatic carbocycles. The molecule has 0 radical (unpaired) electrons. The lowest BCUT2D eigenvalue weighted by atomic mass is 9.78. The average Bonchev–Trinajstić information content (AvgIpc) is 2.22. The molecule has 0 aromatic rings. The number of ether oxygens (including phenoxy) is 1. The summed E-state index contributed by atoms with van der Waals surface area (Å²) < 4.78 is 4.88. The summed E-state index contributed by atoms with van der Waals surface area (Å²) >= 11 is 0.